The molecule has 2 N–H and O–H groups in total. The summed E-state index contributed by atoms with van der Waals surface area (Å²) in [6.45, 7) is 2.44. The molecular weight excluding hydrogens is 278 g/mol. The molecule has 0 aromatic heterocycles. The summed E-state index contributed by atoms with van der Waals surface area (Å²) >= 11 is 1.54. The van der Waals surface area contributed by atoms with Gasteiger partial charge in [0, 0.05) is 11.3 Å². The van der Waals surface area contributed by atoms with Crippen molar-refractivity contribution in [1.82, 2.24) is 5.32 Å². The Bertz CT molecular complexity index is 494. The molecule has 5 nitrogen and oxygen atoms in total. The third-order valence-electron chi connectivity index (χ3n) is 3.21. The number of ether oxygens (including phenoxy) is 1. The minimum absolute atomic E-state index is 0.363. The predicted octanol–water partition coefficient (Wildman–Crippen LogP) is 1.78. The zero-order chi connectivity index (χ0) is 14.6. The molecule has 2 rings (SSSR count). The van der Waals surface area contributed by atoms with Gasteiger partial charge in [0.1, 0.15) is 11.3 Å². The van der Waals surface area contributed by atoms with Crippen molar-refractivity contribution in [2.24, 2.45) is 0 Å². The van der Waals surface area contributed by atoms with Crippen molar-refractivity contribution in [3.05, 3.63) is 29.8 Å². The van der Waals surface area contributed by atoms with Gasteiger partial charge in [0.15, 0.2) is 0 Å². The van der Waals surface area contributed by atoms with Crippen LogP contribution in [0.15, 0.2) is 24.3 Å². The van der Waals surface area contributed by atoms with E-state index in [0.717, 1.165) is 5.75 Å². The maximum absolute atomic E-state index is 12.2. The van der Waals surface area contributed by atoms with Gasteiger partial charge in [-0.05, 0) is 43.4 Å². The fourth-order valence-electron chi connectivity index (χ4n) is 2.04. The Kier molecular flexibility index (Phi) is 4.54. The van der Waals surface area contributed by atoms with Gasteiger partial charge in [-0.15, -0.1) is 0 Å². The van der Waals surface area contributed by atoms with Gasteiger partial charge in [-0.3, -0.25) is 4.79 Å². The molecule has 1 aromatic rings. The van der Waals surface area contributed by atoms with E-state index in [1.807, 2.05) is 6.92 Å². The Hall–Kier alpha value is -1.69. The highest BCUT2D eigenvalue weighted by Gasteiger charge is 2.43. The first kappa shape index (κ1) is 14.7. The van der Waals surface area contributed by atoms with E-state index >= 15 is 0 Å². The first-order valence-corrected chi connectivity index (χ1v) is 7.59. The van der Waals surface area contributed by atoms with Gasteiger partial charge >= 0.3 is 5.97 Å². The van der Waals surface area contributed by atoms with Crippen LogP contribution in [0.4, 0.5) is 0 Å². The lowest BCUT2D eigenvalue weighted by Gasteiger charge is -2.24. The van der Waals surface area contributed by atoms with E-state index in [1.165, 1.54) is 0 Å². The average Bonchev–Trinajstić information content (AvgIpc) is 2.90. The fourth-order valence-corrected chi connectivity index (χ4v) is 3.37. The molecule has 0 radical (unpaired) electrons. The minimum atomic E-state index is -1.14. The maximum atomic E-state index is 12.2. The Morgan fingerprint density at radius 3 is 2.60 bits per heavy atom. The summed E-state index contributed by atoms with van der Waals surface area (Å²) in [6, 6.07) is 6.68. The van der Waals surface area contributed by atoms with Crippen LogP contribution in [0.1, 0.15) is 23.7 Å². The number of thioether (sulfide) groups is 1. The van der Waals surface area contributed by atoms with Crippen LogP contribution in [-0.2, 0) is 4.79 Å². The molecule has 6 heteroatoms. The summed E-state index contributed by atoms with van der Waals surface area (Å²) in [6.07, 6.45) is 0.454. The quantitative estimate of drug-likeness (QED) is 0.866. The van der Waals surface area contributed by atoms with Gasteiger partial charge in [0.05, 0.1) is 6.61 Å². The molecule has 0 spiro atoms. The van der Waals surface area contributed by atoms with Crippen molar-refractivity contribution in [2.75, 3.05) is 18.1 Å². The molecule has 0 bridgehead atoms. The first-order chi connectivity index (χ1) is 9.57. The van der Waals surface area contributed by atoms with Crippen molar-refractivity contribution < 1.29 is 19.4 Å². The van der Waals surface area contributed by atoms with Crippen LogP contribution in [0.2, 0.25) is 0 Å². The molecule has 0 unspecified atom stereocenters. The van der Waals surface area contributed by atoms with Gasteiger partial charge < -0.3 is 15.2 Å². The van der Waals surface area contributed by atoms with E-state index in [9.17, 15) is 14.7 Å². The second-order valence-electron chi connectivity index (χ2n) is 4.60. The highest BCUT2D eigenvalue weighted by Crippen LogP contribution is 2.28. The highest BCUT2D eigenvalue weighted by molar-refractivity contribution is 7.99. The summed E-state index contributed by atoms with van der Waals surface area (Å²) in [7, 11) is 0. The summed E-state index contributed by atoms with van der Waals surface area (Å²) < 4.78 is 5.30. The number of hydrogen-bond donors (Lipinski definition) is 2. The van der Waals surface area contributed by atoms with E-state index in [0.29, 0.717) is 30.1 Å². The van der Waals surface area contributed by atoms with Gasteiger partial charge in [-0.2, -0.15) is 11.8 Å². The number of aliphatic carboxylic acids is 1. The average molecular weight is 295 g/mol. The zero-order valence-corrected chi connectivity index (χ0v) is 12.0. The third kappa shape index (κ3) is 3.07. The van der Waals surface area contributed by atoms with Crippen molar-refractivity contribution in [3.63, 3.8) is 0 Å². The second kappa shape index (κ2) is 6.17. The second-order valence-corrected chi connectivity index (χ2v) is 5.71. The molecule has 1 aromatic carbocycles. The van der Waals surface area contributed by atoms with Gasteiger partial charge in [0.25, 0.3) is 5.91 Å². The molecule has 1 heterocycles. The molecule has 1 atom stereocenters. The standard InChI is InChI=1S/C14H17NO4S/c1-2-19-11-5-3-10(4-6-11)12(16)15-14(13(17)18)7-8-20-9-14/h3-6H,2,7-9H2,1H3,(H,15,16)(H,17,18)/t14-/m1/s1. The molecule has 20 heavy (non-hydrogen) atoms. The number of carboxylic acid groups (broad SMARTS) is 1. The van der Waals surface area contributed by atoms with E-state index in [1.54, 1.807) is 36.0 Å². The SMILES string of the molecule is CCOc1ccc(C(=O)N[C@]2(C(=O)O)CCSC2)cc1. The maximum Gasteiger partial charge on any atom is 0.330 e. The van der Waals surface area contributed by atoms with E-state index in [4.69, 9.17) is 4.74 Å². The zero-order valence-electron chi connectivity index (χ0n) is 11.2. The van der Waals surface area contributed by atoms with Gasteiger partial charge in [0.2, 0.25) is 0 Å². The van der Waals surface area contributed by atoms with Crippen LogP contribution in [-0.4, -0.2) is 40.6 Å². The monoisotopic (exact) mass is 295 g/mol. The van der Waals surface area contributed by atoms with Crippen molar-refractivity contribution in [2.45, 2.75) is 18.9 Å². The normalized spacial score (nSPS) is 21.4. The van der Waals surface area contributed by atoms with Crippen molar-refractivity contribution in [1.29, 1.82) is 0 Å². The van der Waals surface area contributed by atoms with E-state index < -0.39 is 11.5 Å². The fraction of sp³-hybridized carbons (Fsp3) is 0.429. The van der Waals surface area contributed by atoms with Crippen LogP contribution in [0.25, 0.3) is 0 Å². The highest BCUT2D eigenvalue weighted by atomic mass is 32.2. The minimum Gasteiger partial charge on any atom is -0.494 e. The summed E-state index contributed by atoms with van der Waals surface area (Å²) in [5.41, 5.74) is -0.702. The molecule has 1 aliphatic heterocycles. The molecule has 1 amide bonds. The number of carbonyl (C=O) groups excluding carboxylic acids is 1. The largest absolute Gasteiger partial charge is 0.494 e. The van der Waals surface area contributed by atoms with Crippen LogP contribution >= 0.6 is 11.8 Å². The summed E-state index contributed by atoms with van der Waals surface area (Å²) in [5.74, 6) is 0.509. The third-order valence-corrected chi connectivity index (χ3v) is 4.40. The Morgan fingerprint density at radius 2 is 2.10 bits per heavy atom. The molecular formula is C14H17NO4S. The number of benzene rings is 1. The van der Waals surface area contributed by atoms with Crippen LogP contribution in [0.3, 0.4) is 0 Å². The van der Waals surface area contributed by atoms with Crippen LogP contribution in [0.5, 0.6) is 5.75 Å². The molecule has 0 aliphatic carbocycles. The number of nitrogens with one attached hydrogen (secondary N) is 1. The first-order valence-electron chi connectivity index (χ1n) is 6.44. The number of carboxylic acids is 1. The number of carbonyl (C=O) groups is 2. The van der Waals surface area contributed by atoms with Crippen molar-refractivity contribution in [3.8, 4) is 5.75 Å². The summed E-state index contributed by atoms with van der Waals surface area (Å²) in [5, 5.41) is 12.0. The lowest BCUT2D eigenvalue weighted by atomic mass is 9.98. The van der Waals surface area contributed by atoms with Crippen LogP contribution < -0.4 is 10.1 Å². The van der Waals surface area contributed by atoms with E-state index in [2.05, 4.69) is 5.32 Å². The predicted molar refractivity (Wildman–Crippen MR) is 77.4 cm³/mol. The molecule has 1 aliphatic rings. The van der Waals surface area contributed by atoms with E-state index in [-0.39, 0.29) is 5.91 Å². The Balaban J connectivity index is 2.09. The van der Waals surface area contributed by atoms with Crippen molar-refractivity contribution >= 4 is 23.6 Å². The lowest BCUT2D eigenvalue weighted by molar-refractivity contribution is -0.143. The topological polar surface area (TPSA) is 75.6 Å². The van der Waals surface area contributed by atoms with Crippen LogP contribution in [0, 0.1) is 0 Å². The summed E-state index contributed by atoms with van der Waals surface area (Å²) in [4.78, 5) is 23.5. The molecule has 1 saturated heterocycles. The lowest BCUT2D eigenvalue weighted by Crippen LogP contribution is -2.54. The van der Waals surface area contributed by atoms with Gasteiger partial charge in [-0.25, -0.2) is 4.79 Å². The number of amides is 1. The Morgan fingerprint density at radius 1 is 1.40 bits per heavy atom. The Labute approximate surface area is 121 Å². The smallest absolute Gasteiger partial charge is 0.330 e. The molecule has 108 valence electrons. The molecule has 0 saturated carbocycles. The van der Waals surface area contributed by atoms with Gasteiger partial charge in [-0.1, -0.05) is 0 Å². The number of hydrogen-bond acceptors (Lipinski definition) is 4. The number of rotatable bonds is 5. The molecule has 1 fully saturated rings.